The van der Waals surface area contributed by atoms with E-state index in [1.807, 2.05) is 37.3 Å². The predicted molar refractivity (Wildman–Crippen MR) is 134 cm³/mol. The lowest BCUT2D eigenvalue weighted by Crippen LogP contribution is -2.06. The van der Waals surface area contributed by atoms with Gasteiger partial charge in [0.1, 0.15) is 5.58 Å². The van der Waals surface area contributed by atoms with Crippen LogP contribution in [-0.4, -0.2) is 12.4 Å². The Hall–Kier alpha value is -0.960. The molecule has 1 aromatic carbocycles. The zero-order valence-electron chi connectivity index (χ0n) is 16.6. The van der Waals surface area contributed by atoms with Crippen molar-refractivity contribution >= 4 is 53.2 Å². The van der Waals surface area contributed by atoms with Crippen molar-refractivity contribution in [3.05, 3.63) is 76.5 Å². The van der Waals surface area contributed by atoms with Crippen molar-refractivity contribution < 1.29 is 8.60 Å². The number of fused-ring (bicyclic) bond motifs is 1. The fourth-order valence-corrected chi connectivity index (χ4v) is 3.64. The molecule has 0 N–H and O–H groups in total. The summed E-state index contributed by atoms with van der Waals surface area (Å²) < 4.78 is 10.8. The largest absolute Gasteiger partial charge is 0.449 e. The van der Waals surface area contributed by atoms with Crippen LogP contribution >= 0.6 is 42.2 Å². The number of unbranched alkanes of at least 4 members (excludes halogenated alkanes) is 1. The van der Waals surface area contributed by atoms with Crippen molar-refractivity contribution in [2.75, 3.05) is 12.4 Å². The van der Waals surface area contributed by atoms with Gasteiger partial charge in [-0.25, -0.2) is 0 Å². The SMILES string of the molecule is C=C(C)/C=C\C(=C)CSc1oc2ccccc2c(=O)c1C.CCCCOSI. The molecule has 0 unspecified atom stereocenters. The van der Waals surface area contributed by atoms with Crippen LogP contribution in [0.1, 0.15) is 32.3 Å². The number of hydrogen-bond acceptors (Lipinski definition) is 5. The second-order valence-corrected chi connectivity index (χ2v) is 8.59. The summed E-state index contributed by atoms with van der Waals surface area (Å²) in [5.74, 6) is 0.673. The summed E-state index contributed by atoms with van der Waals surface area (Å²) in [6, 6.07) is 7.31. The number of thioether (sulfide) groups is 1. The molecule has 0 saturated heterocycles. The van der Waals surface area contributed by atoms with Gasteiger partial charge in [0.25, 0.3) is 0 Å². The lowest BCUT2D eigenvalue weighted by atomic mass is 10.2. The average Bonchev–Trinajstić information content (AvgIpc) is 2.69. The minimum absolute atomic E-state index is 0.0300. The summed E-state index contributed by atoms with van der Waals surface area (Å²) in [5, 5.41) is 1.28. The number of para-hydroxylation sites is 1. The van der Waals surface area contributed by atoms with E-state index in [4.69, 9.17) is 8.60 Å². The second-order valence-electron chi connectivity index (χ2n) is 6.20. The van der Waals surface area contributed by atoms with E-state index in [1.165, 1.54) is 33.8 Å². The molecule has 0 aliphatic carbocycles. The maximum absolute atomic E-state index is 12.3. The highest BCUT2D eigenvalue weighted by Crippen LogP contribution is 2.26. The van der Waals surface area contributed by atoms with Gasteiger partial charge in [0, 0.05) is 32.5 Å². The summed E-state index contributed by atoms with van der Waals surface area (Å²) in [7, 11) is 1.41. The summed E-state index contributed by atoms with van der Waals surface area (Å²) in [6.45, 7) is 14.6. The van der Waals surface area contributed by atoms with Crippen LogP contribution in [-0.2, 0) is 4.18 Å². The van der Waals surface area contributed by atoms with Gasteiger partial charge in [-0.1, -0.05) is 68.1 Å². The van der Waals surface area contributed by atoms with E-state index >= 15 is 0 Å². The zero-order valence-corrected chi connectivity index (χ0v) is 20.4. The number of rotatable bonds is 9. The first-order chi connectivity index (χ1) is 13.4. The van der Waals surface area contributed by atoms with Crippen molar-refractivity contribution in [2.24, 2.45) is 0 Å². The summed E-state index contributed by atoms with van der Waals surface area (Å²) in [5.41, 5.74) is 3.24. The molecular weight excluding hydrogens is 503 g/mol. The Kier molecular flexibility index (Phi) is 12.6. The van der Waals surface area contributed by atoms with Gasteiger partial charge < -0.3 is 8.60 Å². The summed E-state index contributed by atoms with van der Waals surface area (Å²) in [6.07, 6.45) is 6.25. The van der Waals surface area contributed by atoms with Crippen LogP contribution in [0.25, 0.3) is 11.0 Å². The average molecular weight is 530 g/mol. The molecule has 0 spiro atoms. The van der Waals surface area contributed by atoms with E-state index in [0.29, 0.717) is 27.4 Å². The van der Waals surface area contributed by atoms with E-state index < -0.39 is 0 Å². The molecule has 0 aliphatic heterocycles. The Morgan fingerprint density at radius 3 is 2.64 bits per heavy atom. The van der Waals surface area contributed by atoms with Crippen molar-refractivity contribution in [1.82, 2.24) is 0 Å². The Labute approximate surface area is 188 Å². The molecule has 1 aromatic heterocycles. The third-order valence-corrected chi connectivity index (χ3v) is 5.78. The molecular formula is C22H27IO3S2. The monoisotopic (exact) mass is 530 g/mol. The van der Waals surface area contributed by atoms with Crippen LogP contribution in [0.5, 0.6) is 0 Å². The van der Waals surface area contributed by atoms with Gasteiger partial charge in [-0.05, 0) is 38.0 Å². The van der Waals surface area contributed by atoms with Crippen LogP contribution in [0, 0.1) is 6.92 Å². The Bertz CT molecular complexity index is 868. The number of benzene rings is 1. The molecule has 6 heteroatoms. The minimum atomic E-state index is 0.0300. The molecule has 2 rings (SSSR count). The van der Waals surface area contributed by atoms with Crippen molar-refractivity contribution in [2.45, 2.75) is 38.7 Å². The van der Waals surface area contributed by atoms with Crippen LogP contribution in [0.4, 0.5) is 0 Å². The van der Waals surface area contributed by atoms with Crippen LogP contribution in [0.15, 0.2) is 75.0 Å². The topological polar surface area (TPSA) is 39.4 Å². The lowest BCUT2D eigenvalue weighted by Gasteiger charge is -2.06. The van der Waals surface area contributed by atoms with E-state index in [9.17, 15) is 4.79 Å². The smallest absolute Gasteiger partial charge is 0.196 e. The molecule has 0 fully saturated rings. The van der Waals surface area contributed by atoms with Crippen LogP contribution in [0.2, 0.25) is 0 Å². The second kappa shape index (κ2) is 14.1. The fourth-order valence-electron chi connectivity index (χ4n) is 2.05. The van der Waals surface area contributed by atoms with Gasteiger partial charge in [0.2, 0.25) is 0 Å². The van der Waals surface area contributed by atoms with Gasteiger partial charge in [-0.2, -0.15) is 0 Å². The standard InChI is InChI=1S/C18H18O2S.C4H9IOS/c1-12(2)9-10-13(3)11-21-18-14(4)17(19)15-7-5-6-8-16(15)20-18;1-2-3-4-6-7-5/h5-10H,1,3,11H2,2,4H3;2-4H2,1H3/b10-9-;. The van der Waals surface area contributed by atoms with Crippen LogP contribution < -0.4 is 5.43 Å². The first kappa shape index (κ1) is 25.1. The number of allylic oxidation sites excluding steroid dienone is 3. The molecule has 0 saturated carbocycles. The van der Waals surface area contributed by atoms with E-state index in [0.717, 1.165) is 17.8 Å². The maximum Gasteiger partial charge on any atom is 0.196 e. The fraction of sp³-hybridized carbons (Fsp3) is 0.318. The van der Waals surface area contributed by atoms with Gasteiger partial charge >= 0.3 is 0 Å². The molecule has 0 bridgehead atoms. The third-order valence-electron chi connectivity index (χ3n) is 3.60. The highest BCUT2D eigenvalue weighted by molar-refractivity contribution is 14.2. The van der Waals surface area contributed by atoms with Gasteiger partial charge in [0.05, 0.1) is 21.2 Å². The Morgan fingerprint density at radius 1 is 1.29 bits per heavy atom. The lowest BCUT2D eigenvalue weighted by molar-refractivity contribution is 0.369. The van der Waals surface area contributed by atoms with Crippen LogP contribution in [0.3, 0.4) is 0 Å². The molecule has 0 radical (unpaired) electrons. The van der Waals surface area contributed by atoms with E-state index in [1.54, 1.807) is 13.0 Å². The molecule has 1 heterocycles. The quantitative estimate of drug-likeness (QED) is 0.109. The van der Waals surface area contributed by atoms with Crippen molar-refractivity contribution in [3.63, 3.8) is 0 Å². The molecule has 28 heavy (non-hydrogen) atoms. The predicted octanol–water partition coefficient (Wildman–Crippen LogP) is 7.68. The third kappa shape index (κ3) is 9.03. The number of hydrogen-bond donors (Lipinski definition) is 0. The maximum atomic E-state index is 12.3. The Morgan fingerprint density at radius 2 is 2.00 bits per heavy atom. The minimum Gasteiger partial charge on any atom is -0.449 e. The highest BCUT2D eigenvalue weighted by Gasteiger charge is 2.10. The van der Waals surface area contributed by atoms with Crippen molar-refractivity contribution in [3.8, 4) is 0 Å². The van der Waals surface area contributed by atoms with Crippen molar-refractivity contribution in [1.29, 1.82) is 0 Å². The van der Waals surface area contributed by atoms with Gasteiger partial charge in [0.15, 0.2) is 10.5 Å². The van der Waals surface area contributed by atoms with E-state index in [2.05, 4.69) is 41.3 Å². The van der Waals surface area contributed by atoms with E-state index in [-0.39, 0.29) is 5.43 Å². The number of halogens is 1. The molecule has 0 amide bonds. The first-order valence-electron chi connectivity index (χ1n) is 8.97. The zero-order chi connectivity index (χ0) is 20.9. The molecule has 152 valence electrons. The van der Waals surface area contributed by atoms with Gasteiger partial charge in [-0.3, -0.25) is 4.79 Å². The highest BCUT2D eigenvalue weighted by atomic mass is 127. The van der Waals surface area contributed by atoms with Gasteiger partial charge in [-0.15, -0.1) is 0 Å². The summed E-state index contributed by atoms with van der Waals surface area (Å²) >= 11 is 3.61. The molecule has 3 nitrogen and oxygen atoms in total. The molecule has 0 atom stereocenters. The molecule has 0 aliphatic rings. The molecule has 2 aromatic rings. The normalized spacial score (nSPS) is 10.7. The Balaban J connectivity index is 0.000000480. The summed E-state index contributed by atoms with van der Waals surface area (Å²) in [4.78, 5) is 12.3. The first-order valence-corrected chi connectivity index (χ1v) is 13.2.